The molecule has 0 radical (unpaired) electrons. The third-order valence-electron chi connectivity index (χ3n) is 4.91. The predicted octanol–water partition coefficient (Wildman–Crippen LogP) is 4.09. The van der Waals surface area contributed by atoms with Gasteiger partial charge in [0.15, 0.2) is 11.6 Å². The number of benzene rings is 2. The van der Waals surface area contributed by atoms with Gasteiger partial charge in [0.25, 0.3) is 0 Å². The number of rotatable bonds is 4. The topological polar surface area (TPSA) is 61.4 Å². The molecule has 2 unspecified atom stereocenters. The summed E-state index contributed by atoms with van der Waals surface area (Å²) in [7, 11) is 0. The van der Waals surface area contributed by atoms with Crippen molar-refractivity contribution in [2.45, 2.75) is 25.8 Å². The quantitative estimate of drug-likeness (QED) is 0.830. The van der Waals surface area contributed by atoms with Crippen molar-refractivity contribution in [3.8, 4) is 0 Å². The van der Waals surface area contributed by atoms with E-state index in [1.54, 1.807) is 24.0 Å². The molecule has 1 heterocycles. The Labute approximate surface area is 162 Å². The van der Waals surface area contributed by atoms with Crippen LogP contribution in [0.2, 0.25) is 0 Å². The van der Waals surface area contributed by atoms with Crippen LogP contribution in [0.25, 0.3) is 0 Å². The Kier molecular flexibility index (Phi) is 6.23. The Morgan fingerprint density at radius 1 is 1.11 bits per heavy atom. The first-order valence-corrected chi connectivity index (χ1v) is 9.30. The minimum Gasteiger partial charge on any atom is -0.349 e. The predicted molar refractivity (Wildman–Crippen MR) is 103 cm³/mol. The smallest absolute Gasteiger partial charge is 0.321 e. The van der Waals surface area contributed by atoms with E-state index in [1.165, 1.54) is 6.07 Å². The highest BCUT2D eigenvalue weighted by Gasteiger charge is 2.29. The van der Waals surface area contributed by atoms with Crippen molar-refractivity contribution in [1.82, 2.24) is 10.2 Å². The molecule has 2 aromatic carbocycles. The maximum absolute atomic E-state index is 13.4. The SMILES string of the molecule is CC(NC(=O)C1CCCN(C(=O)Nc2ccccc2)C1)c1ccc(F)c(F)c1. The number of hydrogen-bond acceptors (Lipinski definition) is 2. The van der Waals surface area contributed by atoms with Crippen LogP contribution < -0.4 is 10.6 Å². The summed E-state index contributed by atoms with van der Waals surface area (Å²) < 4.78 is 26.5. The van der Waals surface area contributed by atoms with E-state index < -0.39 is 17.7 Å². The van der Waals surface area contributed by atoms with Crippen LogP contribution in [-0.2, 0) is 4.79 Å². The third-order valence-corrected chi connectivity index (χ3v) is 4.91. The molecule has 1 fully saturated rings. The molecule has 0 bridgehead atoms. The van der Waals surface area contributed by atoms with E-state index in [4.69, 9.17) is 0 Å². The fraction of sp³-hybridized carbons (Fsp3) is 0.333. The van der Waals surface area contributed by atoms with Crippen molar-refractivity contribution in [2.24, 2.45) is 5.92 Å². The average Bonchev–Trinajstić information content (AvgIpc) is 2.70. The van der Waals surface area contributed by atoms with E-state index in [9.17, 15) is 18.4 Å². The zero-order valence-corrected chi connectivity index (χ0v) is 15.6. The Morgan fingerprint density at radius 2 is 1.86 bits per heavy atom. The molecule has 1 aliphatic rings. The highest BCUT2D eigenvalue weighted by molar-refractivity contribution is 5.90. The van der Waals surface area contributed by atoms with Gasteiger partial charge in [0, 0.05) is 18.8 Å². The number of nitrogens with zero attached hydrogens (tertiary/aromatic N) is 1. The lowest BCUT2D eigenvalue weighted by molar-refractivity contribution is -0.126. The molecule has 148 valence electrons. The molecule has 3 amide bonds. The number of likely N-dealkylation sites (tertiary alicyclic amines) is 1. The average molecular weight is 387 g/mol. The fourth-order valence-corrected chi connectivity index (χ4v) is 3.30. The Morgan fingerprint density at radius 3 is 2.57 bits per heavy atom. The number of carbonyl (C=O) groups is 2. The number of halogens is 2. The van der Waals surface area contributed by atoms with Gasteiger partial charge in [0.1, 0.15) is 0 Å². The molecule has 0 aromatic heterocycles. The van der Waals surface area contributed by atoms with Gasteiger partial charge >= 0.3 is 6.03 Å². The highest BCUT2D eigenvalue weighted by Crippen LogP contribution is 2.21. The summed E-state index contributed by atoms with van der Waals surface area (Å²) in [5.74, 6) is -2.41. The van der Waals surface area contributed by atoms with Gasteiger partial charge in [-0.05, 0) is 49.6 Å². The van der Waals surface area contributed by atoms with Crippen molar-refractivity contribution < 1.29 is 18.4 Å². The zero-order valence-electron chi connectivity index (χ0n) is 15.6. The van der Waals surface area contributed by atoms with Crippen LogP contribution in [0.15, 0.2) is 48.5 Å². The van der Waals surface area contributed by atoms with Crippen LogP contribution in [0.5, 0.6) is 0 Å². The second-order valence-electron chi connectivity index (χ2n) is 6.99. The summed E-state index contributed by atoms with van der Waals surface area (Å²) in [5.41, 5.74) is 1.19. The van der Waals surface area contributed by atoms with Crippen LogP contribution in [-0.4, -0.2) is 29.9 Å². The molecule has 1 saturated heterocycles. The molecule has 7 heteroatoms. The molecular weight excluding hydrogens is 364 g/mol. The summed E-state index contributed by atoms with van der Waals surface area (Å²) in [6, 6.07) is 12.0. The monoisotopic (exact) mass is 387 g/mol. The van der Waals surface area contributed by atoms with Crippen LogP contribution >= 0.6 is 0 Å². The van der Waals surface area contributed by atoms with Crippen molar-refractivity contribution in [2.75, 3.05) is 18.4 Å². The molecule has 0 aliphatic carbocycles. The summed E-state index contributed by atoms with van der Waals surface area (Å²) in [4.78, 5) is 26.7. The fourth-order valence-electron chi connectivity index (χ4n) is 3.30. The number of hydrogen-bond donors (Lipinski definition) is 2. The number of anilines is 1. The van der Waals surface area contributed by atoms with Gasteiger partial charge in [-0.1, -0.05) is 24.3 Å². The molecule has 28 heavy (non-hydrogen) atoms. The van der Waals surface area contributed by atoms with Crippen LogP contribution in [0.3, 0.4) is 0 Å². The van der Waals surface area contributed by atoms with E-state index in [0.717, 1.165) is 18.6 Å². The van der Waals surface area contributed by atoms with Gasteiger partial charge < -0.3 is 15.5 Å². The summed E-state index contributed by atoms with van der Waals surface area (Å²) >= 11 is 0. The number of piperidine rings is 1. The summed E-state index contributed by atoms with van der Waals surface area (Å²) in [5, 5.41) is 5.66. The van der Waals surface area contributed by atoms with Gasteiger partial charge in [-0.15, -0.1) is 0 Å². The molecule has 0 saturated carbocycles. The third kappa shape index (κ3) is 4.85. The number of carbonyl (C=O) groups excluding carboxylic acids is 2. The van der Waals surface area contributed by atoms with E-state index >= 15 is 0 Å². The van der Waals surface area contributed by atoms with Crippen LogP contribution in [0.4, 0.5) is 19.3 Å². The molecule has 5 nitrogen and oxygen atoms in total. The van der Waals surface area contributed by atoms with Crippen molar-refractivity contribution >= 4 is 17.6 Å². The second-order valence-corrected chi connectivity index (χ2v) is 6.99. The van der Waals surface area contributed by atoms with Gasteiger partial charge in [0.05, 0.1) is 12.0 Å². The molecule has 2 atom stereocenters. The highest BCUT2D eigenvalue weighted by atomic mass is 19.2. The van der Waals surface area contributed by atoms with Gasteiger partial charge in [0.2, 0.25) is 5.91 Å². The minimum atomic E-state index is -0.944. The minimum absolute atomic E-state index is 0.200. The maximum Gasteiger partial charge on any atom is 0.321 e. The first kappa shape index (κ1) is 19.8. The molecule has 1 aliphatic heterocycles. The second kappa shape index (κ2) is 8.82. The molecule has 2 N–H and O–H groups in total. The molecule has 3 rings (SSSR count). The van der Waals surface area contributed by atoms with Crippen molar-refractivity contribution in [1.29, 1.82) is 0 Å². The van der Waals surface area contributed by atoms with Gasteiger partial charge in [-0.2, -0.15) is 0 Å². The molecule has 2 aromatic rings. The lowest BCUT2D eigenvalue weighted by Gasteiger charge is -2.32. The normalized spacial score (nSPS) is 17.7. The number of urea groups is 1. The van der Waals surface area contributed by atoms with Gasteiger partial charge in [-0.3, -0.25) is 4.79 Å². The first-order valence-electron chi connectivity index (χ1n) is 9.30. The molecule has 0 spiro atoms. The molecular formula is C21H23F2N3O2. The number of nitrogens with one attached hydrogen (secondary N) is 2. The lowest BCUT2D eigenvalue weighted by atomic mass is 9.96. The van der Waals surface area contributed by atoms with Crippen LogP contribution in [0, 0.1) is 17.6 Å². The van der Waals surface area contributed by atoms with Crippen molar-refractivity contribution in [3.63, 3.8) is 0 Å². The summed E-state index contributed by atoms with van der Waals surface area (Å²) in [6.07, 6.45) is 1.39. The Bertz CT molecular complexity index is 845. The van der Waals surface area contributed by atoms with Crippen molar-refractivity contribution in [3.05, 3.63) is 65.7 Å². The van der Waals surface area contributed by atoms with E-state index in [0.29, 0.717) is 30.8 Å². The summed E-state index contributed by atoms with van der Waals surface area (Å²) in [6.45, 7) is 2.61. The number of para-hydroxylation sites is 1. The van der Waals surface area contributed by atoms with E-state index in [2.05, 4.69) is 10.6 Å². The Balaban J connectivity index is 1.57. The van der Waals surface area contributed by atoms with E-state index in [-0.39, 0.29) is 17.9 Å². The number of amides is 3. The maximum atomic E-state index is 13.4. The Hall–Kier alpha value is -2.96. The zero-order chi connectivity index (χ0) is 20.1. The lowest BCUT2D eigenvalue weighted by Crippen LogP contribution is -2.47. The first-order chi connectivity index (χ1) is 13.4. The van der Waals surface area contributed by atoms with Gasteiger partial charge in [-0.25, -0.2) is 13.6 Å². The largest absolute Gasteiger partial charge is 0.349 e. The standard InChI is InChI=1S/C21H23F2N3O2/c1-14(15-9-10-18(22)19(23)12-15)24-20(27)16-6-5-11-26(13-16)21(28)25-17-7-3-2-4-8-17/h2-4,7-10,12,14,16H,5-6,11,13H2,1H3,(H,24,27)(H,25,28). The van der Waals surface area contributed by atoms with Crippen LogP contribution in [0.1, 0.15) is 31.4 Å². The van der Waals surface area contributed by atoms with E-state index in [1.807, 2.05) is 18.2 Å².